The second-order valence-corrected chi connectivity index (χ2v) is 6.34. The average molecular weight is 328 g/mol. The van der Waals surface area contributed by atoms with Crippen LogP contribution in [0, 0.1) is 5.92 Å². The van der Waals surface area contributed by atoms with Gasteiger partial charge in [-0.1, -0.05) is 43.3 Å². The van der Waals surface area contributed by atoms with Gasteiger partial charge in [0.15, 0.2) is 0 Å². The molecule has 130 valence electrons. The molecule has 1 aromatic carbocycles. The Morgan fingerprint density at radius 1 is 1.33 bits per heavy atom. The molecule has 24 heavy (non-hydrogen) atoms. The van der Waals surface area contributed by atoms with Crippen LogP contribution in [0.2, 0.25) is 0 Å². The maximum absolute atomic E-state index is 12.9. The molecular weight excluding hydrogens is 300 g/mol. The molecule has 1 atom stereocenters. The van der Waals surface area contributed by atoms with E-state index in [2.05, 4.69) is 18.7 Å². The fourth-order valence-electron chi connectivity index (χ4n) is 3.24. The van der Waals surface area contributed by atoms with Crippen LogP contribution in [0.5, 0.6) is 0 Å². The van der Waals surface area contributed by atoms with Gasteiger partial charge in [-0.05, 0) is 24.8 Å². The van der Waals surface area contributed by atoms with Crippen LogP contribution >= 0.6 is 0 Å². The van der Waals surface area contributed by atoms with E-state index in [-0.39, 0.29) is 17.7 Å². The number of carbonyl (C=O) groups excluding carboxylic acids is 2. The molecule has 1 fully saturated rings. The third-order valence-electron chi connectivity index (χ3n) is 4.60. The molecule has 1 unspecified atom stereocenters. The van der Waals surface area contributed by atoms with Crippen molar-refractivity contribution < 1.29 is 9.59 Å². The zero-order chi connectivity index (χ0) is 17.4. The lowest BCUT2D eigenvalue weighted by molar-refractivity contribution is -0.140. The molecular formula is C20H28N2O2. The smallest absolute Gasteiger partial charge is 0.227 e. The van der Waals surface area contributed by atoms with E-state index in [1.165, 1.54) is 5.56 Å². The van der Waals surface area contributed by atoms with Gasteiger partial charge >= 0.3 is 0 Å². The summed E-state index contributed by atoms with van der Waals surface area (Å²) in [5.74, 6) is 0.219. The van der Waals surface area contributed by atoms with Crippen molar-refractivity contribution in [1.29, 1.82) is 0 Å². The molecule has 1 saturated heterocycles. The summed E-state index contributed by atoms with van der Waals surface area (Å²) >= 11 is 0. The summed E-state index contributed by atoms with van der Waals surface area (Å²) in [4.78, 5) is 28.6. The minimum Gasteiger partial charge on any atom is -0.342 e. The summed E-state index contributed by atoms with van der Waals surface area (Å²) in [6, 6.07) is 10.2. The van der Waals surface area contributed by atoms with Crippen molar-refractivity contribution in [2.45, 2.75) is 32.6 Å². The first kappa shape index (κ1) is 18.2. The van der Waals surface area contributed by atoms with Gasteiger partial charge in [-0.3, -0.25) is 9.59 Å². The van der Waals surface area contributed by atoms with Gasteiger partial charge in [0.05, 0.1) is 5.92 Å². The Morgan fingerprint density at radius 3 is 2.75 bits per heavy atom. The van der Waals surface area contributed by atoms with Gasteiger partial charge in [-0.15, -0.1) is 6.58 Å². The van der Waals surface area contributed by atoms with Gasteiger partial charge in [-0.25, -0.2) is 0 Å². The van der Waals surface area contributed by atoms with E-state index in [0.29, 0.717) is 26.1 Å². The summed E-state index contributed by atoms with van der Waals surface area (Å²) in [6.07, 6.45) is 4.89. The molecule has 2 amide bonds. The number of rotatable bonds is 7. The molecule has 1 aliphatic heterocycles. The third-order valence-corrected chi connectivity index (χ3v) is 4.60. The molecule has 0 spiro atoms. The van der Waals surface area contributed by atoms with Crippen molar-refractivity contribution in [1.82, 2.24) is 9.80 Å². The minimum absolute atomic E-state index is 0.0787. The van der Waals surface area contributed by atoms with Gasteiger partial charge < -0.3 is 9.80 Å². The van der Waals surface area contributed by atoms with E-state index in [1.807, 2.05) is 34.9 Å². The van der Waals surface area contributed by atoms with Crippen molar-refractivity contribution in [3.05, 3.63) is 48.6 Å². The van der Waals surface area contributed by atoms with Crippen LogP contribution in [-0.4, -0.2) is 47.8 Å². The SMILES string of the molecule is C=CCN(CCc1ccccc1)C(=O)C1CCCN(C(=O)CC)C1. The van der Waals surface area contributed by atoms with Gasteiger partial charge in [0.2, 0.25) is 11.8 Å². The van der Waals surface area contributed by atoms with Crippen LogP contribution in [-0.2, 0) is 16.0 Å². The zero-order valence-corrected chi connectivity index (χ0v) is 14.6. The first-order valence-electron chi connectivity index (χ1n) is 8.87. The molecule has 0 N–H and O–H groups in total. The molecule has 4 heteroatoms. The maximum Gasteiger partial charge on any atom is 0.227 e. The topological polar surface area (TPSA) is 40.6 Å². The van der Waals surface area contributed by atoms with Gasteiger partial charge in [0.1, 0.15) is 0 Å². The molecule has 0 aromatic heterocycles. The number of likely N-dealkylation sites (tertiary alicyclic amines) is 1. The summed E-state index contributed by atoms with van der Waals surface area (Å²) in [5, 5.41) is 0. The molecule has 2 rings (SSSR count). The Bertz CT molecular complexity index is 556. The van der Waals surface area contributed by atoms with Gasteiger partial charge in [-0.2, -0.15) is 0 Å². The Labute approximate surface area is 145 Å². The first-order valence-corrected chi connectivity index (χ1v) is 8.87. The number of benzene rings is 1. The molecule has 4 nitrogen and oxygen atoms in total. The minimum atomic E-state index is -0.0787. The monoisotopic (exact) mass is 328 g/mol. The fourth-order valence-corrected chi connectivity index (χ4v) is 3.24. The zero-order valence-electron chi connectivity index (χ0n) is 14.6. The van der Waals surface area contributed by atoms with E-state index < -0.39 is 0 Å². The van der Waals surface area contributed by atoms with Crippen LogP contribution in [0.4, 0.5) is 0 Å². The first-order chi connectivity index (χ1) is 11.7. The van der Waals surface area contributed by atoms with Crippen molar-refractivity contribution in [2.75, 3.05) is 26.2 Å². The Kier molecular flexibility index (Phi) is 7.04. The summed E-state index contributed by atoms with van der Waals surface area (Å²) in [6.45, 7) is 8.24. The molecule has 0 radical (unpaired) electrons. The highest BCUT2D eigenvalue weighted by molar-refractivity contribution is 5.81. The van der Waals surface area contributed by atoms with Crippen molar-refractivity contribution in [2.24, 2.45) is 5.92 Å². The predicted octanol–water partition coefficient (Wildman–Crippen LogP) is 2.89. The number of hydrogen-bond acceptors (Lipinski definition) is 2. The average Bonchev–Trinajstić information content (AvgIpc) is 2.64. The molecule has 1 heterocycles. The van der Waals surface area contributed by atoms with Crippen LogP contribution < -0.4 is 0 Å². The normalized spacial score (nSPS) is 17.4. The van der Waals surface area contributed by atoms with Crippen molar-refractivity contribution in [3.8, 4) is 0 Å². The molecule has 1 aliphatic rings. The van der Waals surface area contributed by atoms with Crippen LogP contribution in [0.1, 0.15) is 31.7 Å². The van der Waals surface area contributed by atoms with Crippen LogP contribution in [0.15, 0.2) is 43.0 Å². The molecule has 0 saturated carbocycles. The summed E-state index contributed by atoms with van der Waals surface area (Å²) in [5.41, 5.74) is 1.23. The lowest BCUT2D eigenvalue weighted by Gasteiger charge is -2.34. The summed E-state index contributed by atoms with van der Waals surface area (Å²) < 4.78 is 0. The quantitative estimate of drug-likeness (QED) is 0.722. The van der Waals surface area contributed by atoms with E-state index >= 15 is 0 Å². The Morgan fingerprint density at radius 2 is 2.08 bits per heavy atom. The largest absolute Gasteiger partial charge is 0.342 e. The highest BCUT2D eigenvalue weighted by atomic mass is 16.2. The second-order valence-electron chi connectivity index (χ2n) is 6.34. The van der Waals surface area contributed by atoms with Crippen LogP contribution in [0.3, 0.4) is 0 Å². The number of nitrogens with zero attached hydrogens (tertiary/aromatic N) is 2. The van der Waals surface area contributed by atoms with E-state index in [4.69, 9.17) is 0 Å². The standard InChI is InChI=1S/C20H28N2O2/c1-3-13-21(15-12-17-9-6-5-7-10-17)20(24)18-11-8-14-22(16-18)19(23)4-2/h3,5-7,9-10,18H,1,4,8,11-16H2,2H3. The summed E-state index contributed by atoms with van der Waals surface area (Å²) in [7, 11) is 0. The molecule has 0 bridgehead atoms. The maximum atomic E-state index is 12.9. The highest BCUT2D eigenvalue weighted by Gasteiger charge is 2.30. The lowest BCUT2D eigenvalue weighted by atomic mass is 9.96. The van der Waals surface area contributed by atoms with E-state index in [9.17, 15) is 9.59 Å². The molecule has 1 aromatic rings. The lowest BCUT2D eigenvalue weighted by Crippen LogP contribution is -2.47. The van der Waals surface area contributed by atoms with Crippen molar-refractivity contribution in [3.63, 3.8) is 0 Å². The number of carbonyl (C=O) groups is 2. The molecule has 0 aliphatic carbocycles. The van der Waals surface area contributed by atoms with Gasteiger partial charge in [0.25, 0.3) is 0 Å². The number of amides is 2. The fraction of sp³-hybridized carbons (Fsp3) is 0.500. The van der Waals surface area contributed by atoms with E-state index in [0.717, 1.165) is 25.8 Å². The third kappa shape index (κ3) is 4.95. The predicted molar refractivity (Wildman–Crippen MR) is 96.5 cm³/mol. The van der Waals surface area contributed by atoms with E-state index in [1.54, 1.807) is 6.08 Å². The van der Waals surface area contributed by atoms with Crippen molar-refractivity contribution >= 4 is 11.8 Å². The van der Waals surface area contributed by atoms with Gasteiger partial charge in [0, 0.05) is 32.6 Å². The number of piperidine rings is 1. The Balaban J connectivity index is 1.97. The van der Waals surface area contributed by atoms with Crippen LogP contribution in [0.25, 0.3) is 0 Å². The highest BCUT2D eigenvalue weighted by Crippen LogP contribution is 2.20. The Hall–Kier alpha value is -2.10. The number of hydrogen-bond donors (Lipinski definition) is 0. The second kappa shape index (κ2) is 9.26.